The molecule has 2 aromatic rings. The molecule has 126 valence electrons. The number of aryl methyl sites for hydroxylation is 1. The lowest BCUT2D eigenvalue weighted by molar-refractivity contribution is -0.0511. The fourth-order valence-electron chi connectivity index (χ4n) is 2.65. The lowest BCUT2D eigenvalue weighted by atomic mass is 10.1. The van der Waals surface area contributed by atoms with E-state index in [0.717, 1.165) is 0 Å². The van der Waals surface area contributed by atoms with Gasteiger partial charge < -0.3 is 31.5 Å². The van der Waals surface area contributed by atoms with Crippen molar-refractivity contribution in [2.24, 2.45) is 5.73 Å². The minimum atomic E-state index is -1.21. The Morgan fingerprint density at radius 2 is 2.04 bits per heavy atom. The number of imidazole rings is 1. The molecule has 0 aliphatic carbocycles. The zero-order chi connectivity index (χ0) is 16.6. The number of nitrogen functional groups attached to an aromatic ring is 1. The van der Waals surface area contributed by atoms with Crippen molar-refractivity contribution in [3.05, 3.63) is 12.2 Å². The highest BCUT2D eigenvalue weighted by atomic mass is 16.6. The van der Waals surface area contributed by atoms with E-state index in [2.05, 4.69) is 15.0 Å². The predicted molar refractivity (Wildman–Crippen MR) is 80.1 cm³/mol. The Balaban J connectivity index is 1.99. The lowest BCUT2D eigenvalue weighted by Gasteiger charge is -2.16. The molecule has 10 nitrogen and oxygen atoms in total. The largest absolute Gasteiger partial charge is 0.394 e. The molecule has 7 N–H and O–H groups in total. The fourth-order valence-corrected chi connectivity index (χ4v) is 2.65. The van der Waals surface area contributed by atoms with Crippen LogP contribution in [-0.4, -0.2) is 66.3 Å². The molecule has 1 fully saturated rings. The Kier molecular flexibility index (Phi) is 4.41. The van der Waals surface area contributed by atoms with E-state index in [1.807, 2.05) is 0 Å². The number of hydrogen-bond acceptors (Lipinski definition) is 9. The number of aliphatic hydroxyl groups excluding tert-OH is 3. The van der Waals surface area contributed by atoms with E-state index < -0.39 is 31.1 Å². The minimum Gasteiger partial charge on any atom is -0.394 e. The van der Waals surface area contributed by atoms with Crippen LogP contribution in [0.25, 0.3) is 11.2 Å². The average Bonchev–Trinajstić information content (AvgIpc) is 3.08. The normalized spacial score (nSPS) is 27.8. The second-order valence-electron chi connectivity index (χ2n) is 5.47. The van der Waals surface area contributed by atoms with Crippen LogP contribution in [0.5, 0.6) is 0 Å². The van der Waals surface area contributed by atoms with E-state index in [1.165, 1.54) is 10.9 Å². The molecule has 1 saturated heterocycles. The van der Waals surface area contributed by atoms with Gasteiger partial charge >= 0.3 is 0 Å². The Bertz CT molecular complexity index is 692. The summed E-state index contributed by atoms with van der Waals surface area (Å²) in [6.07, 6.45) is -1.49. The average molecular weight is 324 g/mol. The third-order valence-corrected chi connectivity index (χ3v) is 3.89. The van der Waals surface area contributed by atoms with Gasteiger partial charge in [-0.15, -0.1) is 0 Å². The van der Waals surface area contributed by atoms with Gasteiger partial charge in [-0.1, -0.05) is 0 Å². The highest BCUT2D eigenvalue weighted by Gasteiger charge is 2.44. The van der Waals surface area contributed by atoms with Gasteiger partial charge in [0.2, 0.25) is 0 Å². The highest BCUT2D eigenvalue weighted by Crippen LogP contribution is 2.31. The van der Waals surface area contributed by atoms with E-state index >= 15 is 0 Å². The van der Waals surface area contributed by atoms with Gasteiger partial charge in [0, 0.05) is 6.42 Å². The van der Waals surface area contributed by atoms with E-state index in [4.69, 9.17) is 16.2 Å². The van der Waals surface area contributed by atoms with E-state index in [1.54, 1.807) is 0 Å². The molecule has 4 atom stereocenters. The molecular formula is C13H20N6O4. The summed E-state index contributed by atoms with van der Waals surface area (Å²) in [7, 11) is 0. The van der Waals surface area contributed by atoms with Gasteiger partial charge in [0.05, 0.1) is 12.9 Å². The number of ether oxygens (including phenoxy) is 1. The van der Waals surface area contributed by atoms with Gasteiger partial charge in [-0.05, 0) is 13.0 Å². The van der Waals surface area contributed by atoms with E-state index in [-0.39, 0.29) is 5.82 Å². The minimum absolute atomic E-state index is 0.229. The summed E-state index contributed by atoms with van der Waals surface area (Å²) in [5.74, 6) is 0.751. The standard InChI is InChI=1S/C13H20N6O4/c14-3-1-2-7-17-11(15)8-12(18-7)19(5-16-8)13-10(22)9(21)6(4-20)23-13/h5-6,9-10,13,20-22H,1-4,14H2,(H2,15,17,18)/t6-,9-,10-,13-/m1/s1. The third kappa shape index (κ3) is 2.75. The van der Waals surface area contributed by atoms with Gasteiger partial charge in [-0.25, -0.2) is 15.0 Å². The van der Waals surface area contributed by atoms with Crippen molar-refractivity contribution < 1.29 is 20.1 Å². The molecule has 1 aliphatic rings. The predicted octanol–water partition coefficient (Wildman–Crippen LogP) is -2.09. The molecule has 1 aliphatic heterocycles. The zero-order valence-electron chi connectivity index (χ0n) is 12.4. The molecule has 0 bridgehead atoms. The van der Waals surface area contributed by atoms with Crippen LogP contribution in [0.4, 0.5) is 5.82 Å². The second-order valence-corrected chi connectivity index (χ2v) is 5.47. The molecule has 0 unspecified atom stereocenters. The van der Waals surface area contributed by atoms with Gasteiger partial charge in [-0.3, -0.25) is 4.57 Å². The first-order valence-corrected chi connectivity index (χ1v) is 7.38. The van der Waals surface area contributed by atoms with Crippen LogP contribution in [0.2, 0.25) is 0 Å². The van der Waals surface area contributed by atoms with Crippen LogP contribution in [-0.2, 0) is 11.2 Å². The first-order chi connectivity index (χ1) is 11.1. The van der Waals surface area contributed by atoms with Crippen LogP contribution >= 0.6 is 0 Å². The van der Waals surface area contributed by atoms with Crippen LogP contribution in [0, 0.1) is 0 Å². The van der Waals surface area contributed by atoms with Crippen LogP contribution < -0.4 is 11.5 Å². The number of aromatic nitrogens is 4. The first kappa shape index (κ1) is 16.0. The molecule has 2 aromatic heterocycles. The van der Waals surface area contributed by atoms with Crippen LogP contribution in [0.3, 0.4) is 0 Å². The topological polar surface area (TPSA) is 166 Å². The molecule has 0 spiro atoms. The molecule has 0 aromatic carbocycles. The van der Waals surface area contributed by atoms with E-state index in [0.29, 0.717) is 36.4 Å². The van der Waals surface area contributed by atoms with Crippen molar-refractivity contribution in [2.75, 3.05) is 18.9 Å². The van der Waals surface area contributed by atoms with Crippen molar-refractivity contribution >= 4 is 17.0 Å². The lowest BCUT2D eigenvalue weighted by Crippen LogP contribution is -2.33. The third-order valence-electron chi connectivity index (χ3n) is 3.89. The Labute approximate surface area is 131 Å². The number of aliphatic hydroxyl groups is 3. The molecule has 0 amide bonds. The van der Waals surface area contributed by atoms with E-state index in [9.17, 15) is 15.3 Å². The molecule has 23 heavy (non-hydrogen) atoms. The van der Waals surface area contributed by atoms with Crippen molar-refractivity contribution in [1.29, 1.82) is 0 Å². The Morgan fingerprint density at radius 3 is 2.70 bits per heavy atom. The Hall–Kier alpha value is -1.85. The molecule has 3 heterocycles. The van der Waals surface area contributed by atoms with Crippen molar-refractivity contribution in [3.8, 4) is 0 Å². The second kappa shape index (κ2) is 6.34. The zero-order valence-corrected chi connectivity index (χ0v) is 12.4. The summed E-state index contributed by atoms with van der Waals surface area (Å²) in [6.45, 7) is 0.107. The number of fused-ring (bicyclic) bond motifs is 1. The monoisotopic (exact) mass is 324 g/mol. The molecule has 10 heteroatoms. The number of anilines is 1. The summed E-state index contributed by atoms with van der Waals surface area (Å²) in [4.78, 5) is 12.7. The van der Waals surface area contributed by atoms with Crippen LogP contribution in [0.1, 0.15) is 18.5 Å². The summed E-state index contributed by atoms with van der Waals surface area (Å²) in [5.41, 5.74) is 12.2. The smallest absolute Gasteiger partial charge is 0.167 e. The summed E-state index contributed by atoms with van der Waals surface area (Å²) in [5, 5.41) is 29.2. The number of nitrogens with two attached hydrogens (primary N) is 2. The number of hydrogen-bond donors (Lipinski definition) is 5. The SMILES string of the molecule is NCCCc1nc(N)c2ncn([C@@H]3O[C@H](CO)[C@@H](O)[C@H]3O)c2n1. The molecule has 0 radical (unpaired) electrons. The summed E-state index contributed by atoms with van der Waals surface area (Å²) in [6, 6.07) is 0. The summed E-state index contributed by atoms with van der Waals surface area (Å²) < 4.78 is 6.99. The number of nitrogens with zero attached hydrogens (tertiary/aromatic N) is 4. The van der Waals surface area contributed by atoms with Crippen LogP contribution in [0.15, 0.2) is 6.33 Å². The summed E-state index contributed by atoms with van der Waals surface area (Å²) >= 11 is 0. The molecule has 3 rings (SSSR count). The van der Waals surface area contributed by atoms with Crippen molar-refractivity contribution in [1.82, 2.24) is 19.5 Å². The maximum atomic E-state index is 10.1. The first-order valence-electron chi connectivity index (χ1n) is 7.38. The number of rotatable bonds is 5. The maximum absolute atomic E-state index is 10.1. The van der Waals surface area contributed by atoms with Gasteiger partial charge in [0.25, 0.3) is 0 Å². The fraction of sp³-hybridized carbons (Fsp3) is 0.615. The highest BCUT2D eigenvalue weighted by molar-refractivity contribution is 5.81. The van der Waals surface area contributed by atoms with Gasteiger partial charge in [0.1, 0.15) is 29.7 Å². The quantitative estimate of drug-likeness (QED) is 0.414. The van der Waals surface area contributed by atoms with Gasteiger partial charge in [0.15, 0.2) is 17.7 Å². The molecule has 0 saturated carbocycles. The Morgan fingerprint density at radius 1 is 1.26 bits per heavy atom. The maximum Gasteiger partial charge on any atom is 0.167 e. The van der Waals surface area contributed by atoms with Crippen molar-refractivity contribution in [3.63, 3.8) is 0 Å². The van der Waals surface area contributed by atoms with Crippen molar-refractivity contribution in [2.45, 2.75) is 37.4 Å². The van der Waals surface area contributed by atoms with Gasteiger partial charge in [-0.2, -0.15) is 0 Å². The molecular weight excluding hydrogens is 304 g/mol.